The molecule has 2 N–H and O–H groups in total. The van der Waals surface area contributed by atoms with Crippen molar-refractivity contribution < 1.29 is 9.90 Å². The van der Waals surface area contributed by atoms with Crippen LogP contribution in [-0.4, -0.2) is 48.7 Å². The predicted molar refractivity (Wildman–Crippen MR) is 126 cm³/mol. The number of hydrogen-bond acceptors (Lipinski definition) is 3. The van der Waals surface area contributed by atoms with Crippen molar-refractivity contribution in [3.63, 3.8) is 0 Å². The van der Waals surface area contributed by atoms with Crippen molar-refractivity contribution in [1.82, 2.24) is 10.2 Å². The molecule has 0 aromatic carbocycles. The van der Waals surface area contributed by atoms with E-state index in [1.54, 1.807) is 5.57 Å². The first-order valence-electron chi connectivity index (χ1n) is 12.4. The second kappa shape index (κ2) is 7.73. The molecule has 31 heavy (non-hydrogen) atoms. The molecule has 0 spiro atoms. The van der Waals surface area contributed by atoms with Gasteiger partial charge in [0.15, 0.2) is 0 Å². The Balaban J connectivity index is 1.69. The van der Waals surface area contributed by atoms with Gasteiger partial charge in [0, 0.05) is 18.0 Å². The van der Waals surface area contributed by atoms with E-state index < -0.39 is 0 Å². The molecule has 4 aliphatic carbocycles. The fourth-order valence-corrected chi connectivity index (χ4v) is 8.85. The molecule has 0 radical (unpaired) electrons. The number of carbonyl (C=O) groups excluding carboxylic acids is 1. The Kier molecular flexibility index (Phi) is 5.74. The van der Waals surface area contributed by atoms with Gasteiger partial charge in [-0.05, 0) is 93.2 Å². The second-order valence-corrected chi connectivity index (χ2v) is 12.4. The maximum Gasteiger partial charge on any atom is 0.207 e. The third-order valence-corrected chi connectivity index (χ3v) is 10.5. The minimum atomic E-state index is -0.363. The van der Waals surface area contributed by atoms with Crippen molar-refractivity contribution in [2.24, 2.45) is 34.0 Å². The first-order chi connectivity index (χ1) is 14.5. The van der Waals surface area contributed by atoms with E-state index in [1.807, 2.05) is 0 Å². The summed E-state index contributed by atoms with van der Waals surface area (Å²) in [6.45, 7) is 11.8. The summed E-state index contributed by atoms with van der Waals surface area (Å²) in [5, 5.41) is 14.2. The minimum Gasteiger partial charge on any atom is -0.393 e. The lowest BCUT2D eigenvalue weighted by Crippen LogP contribution is -2.50. The zero-order valence-corrected chi connectivity index (χ0v) is 20.7. The maximum absolute atomic E-state index is 11.2. The third-order valence-electron chi connectivity index (χ3n) is 10.5. The fraction of sp³-hybridized carbons (Fsp3) is 0.815. The Morgan fingerprint density at radius 1 is 1.13 bits per heavy atom. The number of aliphatic hydroxyl groups excluding tert-OH is 1. The largest absolute Gasteiger partial charge is 0.393 e. The summed E-state index contributed by atoms with van der Waals surface area (Å²) in [4.78, 5) is 13.6. The summed E-state index contributed by atoms with van der Waals surface area (Å²) in [6.07, 6.45) is 12.2. The van der Waals surface area contributed by atoms with Crippen molar-refractivity contribution in [2.45, 2.75) is 91.3 Å². The van der Waals surface area contributed by atoms with Crippen LogP contribution in [0.15, 0.2) is 23.3 Å². The zero-order valence-electron chi connectivity index (χ0n) is 20.7. The standard InChI is InChI=1S/C27H44N2O2/c1-17(28-16-30)24-22(31)15-27(5)21-10-9-20-18(14-19(21)12-13-26(24,27)4)8-11-23(29(6)7)25(20,2)3/h12,14,16-17,20-24,31H,8-11,13,15H2,1-7H3,(H,28,30)/t17-,20?,21+,22+,23-,24-,26+,27-/m0/s1. The summed E-state index contributed by atoms with van der Waals surface area (Å²) >= 11 is 0. The first kappa shape index (κ1) is 23.0. The predicted octanol–water partition coefficient (Wildman–Crippen LogP) is 4.55. The van der Waals surface area contributed by atoms with Gasteiger partial charge in [0.05, 0.1) is 6.10 Å². The van der Waals surface area contributed by atoms with Gasteiger partial charge < -0.3 is 15.3 Å². The molecule has 8 atom stereocenters. The number of nitrogens with one attached hydrogen (secondary N) is 1. The quantitative estimate of drug-likeness (QED) is 0.646. The molecule has 4 aliphatic rings. The van der Waals surface area contributed by atoms with Crippen molar-refractivity contribution in [2.75, 3.05) is 14.1 Å². The average molecular weight is 429 g/mol. The monoisotopic (exact) mass is 428 g/mol. The zero-order chi connectivity index (χ0) is 22.8. The average Bonchev–Trinajstić information content (AvgIpc) is 2.79. The number of carbonyl (C=O) groups is 1. The minimum absolute atomic E-state index is 0.00822. The first-order valence-corrected chi connectivity index (χ1v) is 12.4. The van der Waals surface area contributed by atoms with Crippen molar-refractivity contribution >= 4 is 6.41 Å². The number of fused-ring (bicyclic) bond motifs is 4. The number of rotatable bonds is 4. The van der Waals surface area contributed by atoms with E-state index in [0.29, 0.717) is 17.9 Å². The summed E-state index contributed by atoms with van der Waals surface area (Å²) in [5.41, 5.74) is 3.50. The van der Waals surface area contributed by atoms with Crippen LogP contribution in [0.2, 0.25) is 0 Å². The van der Waals surface area contributed by atoms with Crippen LogP contribution in [-0.2, 0) is 4.79 Å². The van der Waals surface area contributed by atoms with E-state index in [2.05, 4.69) is 71.1 Å². The van der Waals surface area contributed by atoms with Gasteiger partial charge in [-0.15, -0.1) is 0 Å². The van der Waals surface area contributed by atoms with Crippen LogP contribution >= 0.6 is 0 Å². The van der Waals surface area contributed by atoms with Crippen LogP contribution < -0.4 is 5.32 Å². The Morgan fingerprint density at radius 3 is 2.45 bits per heavy atom. The van der Waals surface area contributed by atoms with Crippen molar-refractivity contribution in [3.8, 4) is 0 Å². The highest BCUT2D eigenvalue weighted by Gasteiger charge is 2.64. The molecule has 174 valence electrons. The number of aliphatic hydroxyl groups is 1. The smallest absolute Gasteiger partial charge is 0.207 e. The molecule has 0 aromatic rings. The normalized spacial score (nSPS) is 44.9. The lowest BCUT2D eigenvalue weighted by molar-refractivity contribution is -0.111. The van der Waals surface area contributed by atoms with Gasteiger partial charge >= 0.3 is 0 Å². The number of amides is 1. The molecular formula is C27H44N2O2. The third kappa shape index (κ3) is 3.27. The number of allylic oxidation sites excluding steroid dienone is 4. The van der Waals surface area contributed by atoms with Gasteiger partial charge in [-0.1, -0.05) is 45.4 Å². The van der Waals surface area contributed by atoms with Crippen LogP contribution in [0.3, 0.4) is 0 Å². The van der Waals surface area contributed by atoms with Crippen LogP contribution in [0.5, 0.6) is 0 Å². The van der Waals surface area contributed by atoms with E-state index >= 15 is 0 Å². The van der Waals surface area contributed by atoms with E-state index in [4.69, 9.17) is 0 Å². The Hall–Kier alpha value is -1.13. The van der Waals surface area contributed by atoms with Gasteiger partial charge in [-0.3, -0.25) is 4.79 Å². The van der Waals surface area contributed by atoms with E-state index in [-0.39, 0.29) is 34.3 Å². The molecule has 0 bridgehead atoms. The summed E-state index contributed by atoms with van der Waals surface area (Å²) < 4.78 is 0. The van der Waals surface area contributed by atoms with Gasteiger partial charge in [0.25, 0.3) is 0 Å². The van der Waals surface area contributed by atoms with Crippen LogP contribution in [0.1, 0.15) is 73.1 Å². The highest BCUT2D eigenvalue weighted by molar-refractivity contribution is 5.47. The summed E-state index contributed by atoms with van der Waals surface area (Å²) in [7, 11) is 4.47. The van der Waals surface area contributed by atoms with E-state index in [9.17, 15) is 9.90 Å². The van der Waals surface area contributed by atoms with Crippen molar-refractivity contribution in [3.05, 3.63) is 23.3 Å². The topological polar surface area (TPSA) is 52.6 Å². The Bertz CT molecular complexity index is 784. The highest BCUT2D eigenvalue weighted by atomic mass is 16.3. The lowest BCUT2D eigenvalue weighted by atomic mass is 9.51. The van der Waals surface area contributed by atoms with Gasteiger partial charge in [0.1, 0.15) is 0 Å². The molecule has 0 aliphatic heterocycles. The van der Waals surface area contributed by atoms with Gasteiger partial charge in [-0.25, -0.2) is 0 Å². The molecule has 2 fully saturated rings. The second-order valence-electron chi connectivity index (χ2n) is 12.4. The highest BCUT2D eigenvalue weighted by Crippen LogP contribution is 2.67. The lowest BCUT2D eigenvalue weighted by Gasteiger charge is -2.53. The molecule has 4 heteroatoms. The fourth-order valence-electron chi connectivity index (χ4n) is 8.85. The van der Waals surface area contributed by atoms with Crippen LogP contribution in [0.25, 0.3) is 0 Å². The molecular weight excluding hydrogens is 384 g/mol. The SMILES string of the molecule is C[C@H](NC=O)[C@H]1[C@H](O)C[C@@]2(C)[C@@H]3CCC4C(=CC3=CC[C@]12C)CC[C@H](N(C)C)C4(C)C. The van der Waals surface area contributed by atoms with Crippen LogP contribution in [0, 0.1) is 34.0 Å². The van der Waals surface area contributed by atoms with E-state index in [1.165, 1.54) is 31.3 Å². The maximum atomic E-state index is 11.2. The molecule has 1 unspecified atom stereocenters. The number of hydrogen-bond donors (Lipinski definition) is 2. The van der Waals surface area contributed by atoms with Gasteiger partial charge in [-0.2, -0.15) is 0 Å². The van der Waals surface area contributed by atoms with Crippen LogP contribution in [0.4, 0.5) is 0 Å². The Morgan fingerprint density at radius 2 is 1.81 bits per heavy atom. The van der Waals surface area contributed by atoms with Crippen molar-refractivity contribution in [1.29, 1.82) is 0 Å². The molecule has 4 nitrogen and oxygen atoms in total. The van der Waals surface area contributed by atoms with E-state index in [0.717, 1.165) is 19.3 Å². The molecule has 0 aromatic heterocycles. The Labute approximate surface area is 189 Å². The molecule has 1 amide bonds. The molecule has 4 rings (SSSR count). The summed E-state index contributed by atoms with van der Waals surface area (Å²) in [6, 6.07) is 0.610. The molecule has 0 saturated heterocycles. The number of nitrogens with zero attached hydrogens (tertiary/aromatic N) is 1. The van der Waals surface area contributed by atoms with Gasteiger partial charge in [0.2, 0.25) is 6.41 Å². The summed E-state index contributed by atoms with van der Waals surface area (Å²) in [5.74, 6) is 1.21. The molecule has 0 heterocycles. The molecule has 2 saturated carbocycles.